The fourth-order valence-electron chi connectivity index (χ4n) is 1.23. The largest absolute Gasteiger partial charge is 0.478 e. The van der Waals surface area contributed by atoms with Crippen LogP contribution in [0.25, 0.3) is 0 Å². The molecule has 0 atom stereocenters. The van der Waals surface area contributed by atoms with Crippen molar-refractivity contribution in [3.63, 3.8) is 0 Å². The number of anilines is 1. The van der Waals surface area contributed by atoms with E-state index in [1.165, 1.54) is 12.1 Å². The van der Waals surface area contributed by atoms with Crippen LogP contribution >= 0.6 is 0 Å². The lowest BCUT2D eigenvalue weighted by atomic mass is 10.1. The molecule has 1 aromatic carbocycles. The minimum atomic E-state index is -4.52. The number of para-hydroxylation sites is 1. The van der Waals surface area contributed by atoms with Crippen molar-refractivity contribution in [2.75, 3.05) is 12.3 Å². The van der Waals surface area contributed by atoms with Crippen molar-refractivity contribution in [2.45, 2.75) is 13.1 Å². The molecule has 3 nitrogen and oxygen atoms in total. The summed E-state index contributed by atoms with van der Waals surface area (Å²) in [6.07, 6.45) is -4.52. The van der Waals surface area contributed by atoms with Crippen LogP contribution in [-0.4, -0.2) is 12.5 Å². The van der Waals surface area contributed by atoms with Crippen LogP contribution in [0.5, 0.6) is 0 Å². The van der Waals surface area contributed by atoms with Gasteiger partial charge < -0.3 is 10.5 Å². The number of ether oxygens (including phenoxy) is 1. The van der Waals surface area contributed by atoms with Crippen molar-refractivity contribution in [1.82, 2.24) is 0 Å². The first-order chi connectivity index (χ1) is 7.38. The van der Waals surface area contributed by atoms with Gasteiger partial charge in [0.25, 0.3) is 0 Å². The van der Waals surface area contributed by atoms with Crippen LogP contribution in [0, 0.1) is 5.41 Å². The number of nitrogen functional groups attached to an aromatic ring is 1. The Balaban J connectivity index is 3.19. The molecule has 0 saturated heterocycles. The molecule has 0 saturated carbocycles. The average molecular weight is 232 g/mol. The lowest BCUT2D eigenvalue weighted by Crippen LogP contribution is -2.14. The van der Waals surface area contributed by atoms with E-state index in [4.69, 9.17) is 15.9 Å². The predicted molar refractivity (Wildman–Crippen MR) is 54.3 cm³/mol. The highest BCUT2D eigenvalue weighted by Crippen LogP contribution is 2.35. The normalized spacial score (nSPS) is 11.2. The summed E-state index contributed by atoms with van der Waals surface area (Å²) in [5.74, 6) is -0.355. The van der Waals surface area contributed by atoms with Gasteiger partial charge in [0, 0.05) is 0 Å². The van der Waals surface area contributed by atoms with Gasteiger partial charge >= 0.3 is 6.18 Å². The van der Waals surface area contributed by atoms with Gasteiger partial charge in [-0.3, -0.25) is 5.41 Å². The van der Waals surface area contributed by atoms with E-state index in [-0.39, 0.29) is 18.1 Å². The zero-order valence-electron chi connectivity index (χ0n) is 8.56. The summed E-state index contributed by atoms with van der Waals surface area (Å²) in [6.45, 7) is 1.84. The molecule has 6 heteroatoms. The molecule has 3 N–H and O–H groups in total. The molecule has 0 aliphatic rings. The molecule has 0 heterocycles. The van der Waals surface area contributed by atoms with E-state index >= 15 is 0 Å². The SMILES string of the molecule is CCOC(=N)c1cccc(C(F)(F)F)c1N. The molecule has 0 aromatic heterocycles. The molecule has 0 amide bonds. The predicted octanol–water partition coefficient (Wildman–Crippen LogP) is 2.65. The van der Waals surface area contributed by atoms with Crippen LogP contribution in [0.15, 0.2) is 18.2 Å². The van der Waals surface area contributed by atoms with Crippen LogP contribution in [0.1, 0.15) is 18.1 Å². The van der Waals surface area contributed by atoms with Gasteiger partial charge in [0.05, 0.1) is 23.4 Å². The molecular formula is C10H11F3N2O. The molecule has 0 aliphatic carbocycles. The maximum Gasteiger partial charge on any atom is 0.418 e. The van der Waals surface area contributed by atoms with E-state index in [2.05, 4.69) is 0 Å². The van der Waals surface area contributed by atoms with Crippen molar-refractivity contribution >= 4 is 11.6 Å². The van der Waals surface area contributed by atoms with Crippen LogP contribution in [0.2, 0.25) is 0 Å². The summed E-state index contributed by atoms with van der Waals surface area (Å²) in [7, 11) is 0. The smallest absolute Gasteiger partial charge is 0.418 e. The Labute approximate surface area is 90.5 Å². The van der Waals surface area contributed by atoms with Crippen LogP contribution in [0.4, 0.5) is 18.9 Å². The first kappa shape index (κ1) is 12.4. The van der Waals surface area contributed by atoms with E-state index in [0.717, 1.165) is 6.07 Å². The summed E-state index contributed by atoms with van der Waals surface area (Å²) in [5.41, 5.74) is 3.89. The van der Waals surface area contributed by atoms with E-state index in [9.17, 15) is 13.2 Å². The minimum Gasteiger partial charge on any atom is -0.478 e. The third-order valence-electron chi connectivity index (χ3n) is 1.94. The van der Waals surface area contributed by atoms with Gasteiger partial charge in [-0.25, -0.2) is 0 Å². The highest BCUT2D eigenvalue weighted by Gasteiger charge is 2.34. The number of hydrogen-bond acceptors (Lipinski definition) is 3. The number of hydrogen-bond donors (Lipinski definition) is 2. The lowest BCUT2D eigenvalue weighted by Gasteiger charge is -2.13. The topological polar surface area (TPSA) is 59.1 Å². The maximum atomic E-state index is 12.5. The number of nitrogens with one attached hydrogen (secondary N) is 1. The second-order valence-corrected chi connectivity index (χ2v) is 3.03. The fourth-order valence-corrected chi connectivity index (χ4v) is 1.23. The highest BCUT2D eigenvalue weighted by atomic mass is 19.4. The Morgan fingerprint density at radius 3 is 2.56 bits per heavy atom. The molecule has 0 unspecified atom stereocenters. The first-order valence-electron chi connectivity index (χ1n) is 4.55. The third kappa shape index (κ3) is 2.44. The van der Waals surface area contributed by atoms with Crippen molar-refractivity contribution in [1.29, 1.82) is 5.41 Å². The number of nitrogens with two attached hydrogens (primary N) is 1. The minimum absolute atomic E-state index is 0.0447. The number of halogens is 3. The van der Waals surface area contributed by atoms with Crippen LogP contribution in [0.3, 0.4) is 0 Å². The standard InChI is InChI=1S/C10H11F3N2O/c1-2-16-9(15)6-4-3-5-7(8(6)14)10(11,12)13/h3-5,15H,2,14H2,1H3. The van der Waals surface area contributed by atoms with Crippen molar-refractivity contribution in [3.8, 4) is 0 Å². The van der Waals surface area contributed by atoms with Gasteiger partial charge in [0.15, 0.2) is 0 Å². The molecule has 0 spiro atoms. The van der Waals surface area contributed by atoms with Gasteiger partial charge in [-0.1, -0.05) is 6.07 Å². The van der Waals surface area contributed by atoms with Gasteiger partial charge in [-0.05, 0) is 19.1 Å². The summed E-state index contributed by atoms with van der Waals surface area (Å²) in [6, 6.07) is 3.39. The van der Waals surface area contributed by atoms with Crippen molar-refractivity contribution < 1.29 is 17.9 Å². The Bertz CT molecular complexity index is 402. The summed E-state index contributed by atoms with van der Waals surface area (Å²) >= 11 is 0. The second-order valence-electron chi connectivity index (χ2n) is 3.03. The molecule has 0 radical (unpaired) electrons. The molecular weight excluding hydrogens is 221 g/mol. The molecule has 1 aromatic rings. The zero-order chi connectivity index (χ0) is 12.3. The summed E-state index contributed by atoms with van der Waals surface area (Å²) in [5, 5.41) is 7.40. The first-order valence-corrected chi connectivity index (χ1v) is 4.55. The highest BCUT2D eigenvalue weighted by molar-refractivity contribution is 5.97. The zero-order valence-corrected chi connectivity index (χ0v) is 8.56. The molecule has 1 rings (SSSR count). The second kappa shape index (κ2) is 4.42. The van der Waals surface area contributed by atoms with Gasteiger partial charge in [-0.2, -0.15) is 13.2 Å². The summed E-state index contributed by atoms with van der Waals surface area (Å²) < 4.78 is 42.3. The molecule has 88 valence electrons. The van der Waals surface area contributed by atoms with E-state index in [1.807, 2.05) is 0 Å². The Hall–Kier alpha value is -1.72. The van der Waals surface area contributed by atoms with E-state index < -0.39 is 17.4 Å². The van der Waals surface area contributed by atoms with Gasteiger partial charge in [0.1, 0.15) is 0 Å². The van der Waals surface area contributed by atoms with E-state index in [1.54, 1.807) is 6.92 Å². The number of alkyl halides is 3. The van der Waals surface area contributed by atoms with Crippen molar-refractivity contribution in [2.24, 2.45) is 0 Å². The molecule has 16 heavy (non-hydrogen) atoms. The quantitative estimate of drug-likeness (QED) is 0.468. The Morgan fingerprint density at radius 1 is 1.44 bits per heavy atom. The Morgan fingerprint density at radius 2 is 2.06 bits per heavy atom. The molecule has 0 fully saturated rings. The Kier molecular flexibility index (Phi) is 3.41. The lowest BCUT2D eigenvalue weighted by molar-refractivity contribution is -0.136. The van der Waals surface area contributed by atoms with Crippen molar-refractivity contribution in [3.05, 3.63) is 29.3 Å². The maximum absolute atomic E-state index is 12.5. The third-order valence-corrected chi connectivity index (χ3v) is 1.94. The van der Waals surface area contributed by atoms with Crippen LogP contribution in [-0.2, 0) is 10.9 Å². The van der Waals surface area contributed by atoms with Gasteiger partial charge in [0.2, 0.25) is 5.90 Å². The van der Waals surface area contributed by atoms with E-state index in [0.29, 0.717) is 0 Å². The molecule has 0 aliphatic heterocycles. The number of benzene rings is 1. The number of rotatable bonds is 2. The van der Waals surface area contributed by atoms with Gasteiger partial charge in [-0.15, -0.1) is 0 Å². The fraction of sp³-hybridized carbons (Fsp3) is 0.300. The summed E-state index contributed by atoms with van der Waals surface area (Å²) in [4.78, 5) is 0. The van der Waals surface area contributed by atoms with Crippen LogP contribution < -0.4 is 5.73 Å². The monoisotopic (exact) mass is 232 g/mol. The average Bonchev–Trinajstić information content (AvgIpc) is 2.16. The molecule has 0 bridgehead atoms.